The van der Waals surface area contributed by atoms with Gasteiger partial charge in [0.1, 0.15) is 0 Å². The normalized spacial score (nSPS) is 21.2. The Hall–Kier alpha value is -1.14. The summed E-state index contributed by atoms with van der Waals surface area (Å²) in [6.07, 6.45) is 4.77. The van der Waals surface area contributed by atoms with Crippen LogP contribution in [0.25, 0.3) is 0 Å². The van der Waals surface area contributed by atoms with Crippen molar-refractivity contribution in [1.82, 2.24) is 20.0 Å². The van der Waals surface area contributed by atoms with E-state index in [0.717, 1.165) is 52.1 Å². The monoisotopic (exact) mass is 296 g/mol. The summed E-state index contributed by atoms with van der Waals surface area (Å²) in [6.45, 7) is 5.80. The maximum Gasteiger partial charge on any atom is 0.236 e. The Balaban J connectivity index is 1.72. The van der Waals surface area contributed by atoms with Crippen molar-refractivity contribution in [1.29, 1.82) is 0 Å². The second-order valence-corrected chi connectivity index (χ2v) is 5.98. The first-order chi connectivity index (χ1) is 10.2. The van der Waals surface area contributed by atoms with Crippen molar-refractivity contribution in [2.45, 2.75) is 25.7 Å². The van der Waals surface area contributed by atoms with Gasteiger partial charge >= 0.3 is 0 Å². The lowest BCUT2D eigenvalue weighted by molar-refractivity contribution is -0.134. The molecule has 2 fully saturated rings. The van der Waals surface area contributed by atoms with Gasteiger partial charge in [0.05, 0.1) is 13.1 Å². The number of nitrogens with zero attached hydrogens (tertiary/aromatic N) is 3. The Morgan fingerprint density at radius 2 is 1.38 bits per heavy atom. The van der Waals surface area contributed by atoms with Gasteiger partial charge in [-0.25, -0.2) is 0 Å². The zero-order valence-corrected chi connectivity index (χ0v) is 13.1. The van der Waals surface area contributed by atoms with Crippen LogP contribution in [0.3, 0.4) is 0 Å². The van der Waals surface area contributed by atoms with Crippen LogP contribution in [0.2, 0.25) is 0 Å². The fourth-order valence-electron chi connectivity index (χ4n) is 3.03. The van der Waals surface area contributed by atoms with E-state index in [9.17, 15) is 9.59 Å². The molecule has 0 aliphatic carbocycles. The van der Waals surface area contributed by atoms with Crippen LogP contribution in [0, 0.1) is 0 Å². The number of likely N-dealkylation sites (tertiary alicyclic amines) is 1. The van der Waals surface area contributed by atoms with Crippen LogP contribution >= 0.6 is 0 Å². The van der Waals surface area contributed by atoms with Crippen LogP contribution in [-0.2, 0) is 9.59 Å². The fourth-order valence-corrected chi connectivity index (χ4v) is 3.03. The van der Waals surface area contributed by atoms with E-state index in [4.69, 9.17) is 0 Å². The Kier molecular flexibility index (Phi) is 6.45. The van der Waals surface area contributed by atoms with Crippen molar-refractivity contribution in [2.24, 2.45) is 0 Å². The first-order valence-corrected chi connectivity index (χ1v) is 8.13. The topological polar surface area (TPSA) is 55.9 Å². The zero-order valence-electron chi connectivity index (χ0n) is 13.1. The summed E-state index contributed by atoms with van der Waals surface area (Å²) < 4.78 is 0. The van der Waals surface area contributed by atoms with Gasteiger partial charge < -0.3 is 15.1 Å². The third-order valence-electron chi connectivity index (χ3n) is 4.37. The highest BCUT2D eigenvalue weighted by Crippen LogP contribution is 2.10. The van der Waals surface area contributed by atoms with Crippen LogP contribution < -0.4 is 5.32 Å². The number of hydrogen-bond acceptors (Lipinski definition) is 4. The van der Waals surface area contributed by atoms with Crippen LogP contribution in [0.5, 0.6) is 0 Å². The minimum absolute atomic E-state index is 0.149. The summed E-state index contributed by atoms with van der Waals surface area (Å²) in [7, 11) is 1.79. The number of rotatable bonds is 4. The fraction of sp³-hybridized carbons (Fsp3) is 0.867. The summed E-state index contributed by atoms with van der Waals surface area (Å²) in [5, 5.41) is 2.89. The van der Waals surface area contributed by atoms with Crippen molar-refractivity contribution in [3.05, 3.63) is 0 Å². The molecule has 0 aromatic heterocycles. The molecule has 0 bridgehead atoms. The first-order valence-electron chi connectivity index (χ1n) is 8.13. The van der Waals surface area contributed by atoms with E-state index in [2.05, 4.69) is 10.2 Å². The van der Waals surface area contributed by atoms with Crippen LogP contribution in [0.15, 0.2) is 0 Å². The van der Waals surface area contributed by atoms with Crippen LogP contribution in [0.4, 0.5) is 0 Å². The predicted octanol–water partition coefficient (Wildman–Crippen LogP) is -0.247. The van der Waals surface area contributed by atoms with E-state index in [-0.39, 0.29) is 11.8 Å². The summed E-state index contributed by atoms with van der Waals surface area (Å²) in [6, 6.07) is 0. The SMILES string of the molecule is CNCC(=O)N1CCN(CC(=O)N2CCCCCC2)CC1. The lowest BCUT2D eigenvalue weighted by Crippen LogP contribution is -2.52. The number of carbonyl (C=O) groups is 2. The number of likely N-dealkylation sites (N-methyl/N-ethyl adjacent to an activating group) is 1. The molecule has 120 valence electrons. The average Bonchev–Trinajstić information content (AvgIpc) is 2.77. The number of amides is 2. The summed E-state index contributed by atoms with van der Waals surface area (Å²) >= 11 is 0. The molecule has 0 atom stereocenters. The van der Waals surface area contributed by atoms with Gasteiger partial charge in [-0.15, -0.1) is 0 Å². The van der Waals surface area contributed by atoms with Crippen molar-refractivity contribution < 1.29 is 9.59 Å². The van der Waals surface area contributed by atoms with Crippen molar-refractivity contribution >= 4 is 11.8 Å². The van der Waals surface area contributed by atoms with Gasteiger partial charge in [0.15, 0.2) is 0 Å². The third kappa shape index (κ3) is 4.97. The molecule has 1 N–H and O–H groups in total. The zero-order chi connectivity index (χ0) is 15.1. The molecule has 0 saturated carbocycles. The summed E-state index contributed by atoms with van der Waals surface area (Å²) in [5.74, 6) is 0.405. The molecule has 0 aromatic carbocycles. The molecule has 0 aromatic rings. The van der Waals surface area contributed by atoms with Crippen LogP contribution in [-0.4, -0.2) is 85.9 Å². The molecule has 2 heterocycles. The molecule has 21 heavy (non-hydrogen) atoms. The molecule has 0 unspecified atom stereocenters. The lowest BCUT2D eigenvalue weighted by atomic mass is 10.2. The van der Waals surface area contributed by atoms with Gasteiger partial charge in [-0.2, -0.15) is 0 Å². The molecule has 2 aliphatic heterocycles. The van der Waals surface area contributed by atoms with Gasteiger partial charge in [-0.1, -0.05) is 12.8 Å². The highest BCUT2D eigenvalue weighted by molar-refractivity contribution is 5.79. The predicted molar refractivity (Wildman–Crippen MR) is 82.0 cm³/mol. The van der Waals surface area contributed by atoms with Gasteiger partial charge in [0, 0.05) is 39.3 Å². The van der Waals surface area contributed by atoms with E-state index in [1.165, 1.54) is 12.8 Å². The standard InChI is InChI=1S/C15H28N4O2/c1-16-12-14(20)19-10-8-17(9-11-19)13-15(21)18-6-4-2-3-5-7-18/h16H,2-13H2,1H3. The molecule has 2 saturated heterocycles. The third-order valence-corrected chi connectivity index (χ3v) is 4.37. The number of hydrogen-bond donors (Lipinski definition) is 1. The smallest absolute Gasteiger partial charge is 0.236 e. The van der Waals surface area contributed by atoms with E-state index < -0.39 is 0 Å². The molecule has 0 spiro atoms. The molecule has 2 rings (SSSR count). The number of nitrogens with one attached hydrogen (secondary N) is 1. The molecule has 6 nitrogen and oxygen atoms in total. The van der Waals surface area contributed by atoms with Crippen molar-refractivity contribution in [2.75, 3.05) is 59.4 Å². The molecular weight excluding hydrogens is 268 g/mol. The Labute approximate surface area is 127 Å². The molecular formula is C15H28N4O2. The highest BCUT2D eigenvalue weighted by Gasteiger charge is 2.24. The van der Waals surface area contributed by atoms with Gasteiger partial charge in [0.2, 0.25) is 11.8 Å². The second kappa shape index (κ2) is 8.34. The first kappa shape index (κ1) is 16.2. The van der Waals surface area contributed by atoms with E-state index in [0.29, 0.717) is 13.1 Å². The molecule has 2 aliphatic rings. The van der Waals surface area contributed by atoms with Crippen molar-refractivity contribution in [3.8, 4) is 0 Å². The number of carbonyl (C=O) groups excluding carboxylic acids is 2. The Morgan fingerprint density at radius 3 is 1.95 bits per heavy atom. The maximum absolute atomic E-state index is 12.3. The molecule has 6 heteroatoms. The van der Waals surface area contributed by atoms with E-state index in [1.54, 1.807) is 7.05 Å². The van der Waals surface area contributed by atoms with Gasteiger partial charge in [0.25, 0.3) is 0 Å². The van der Waals surface area contributed by atoms with E-state index in [1.807, 2.05) is 9.80 Å². The number of piperazine rings is 1. The van der Waals surface area contributed by atoms with Gasteiger partial charge in [-0.3, -0.25) is 14.5 Å². The minimum Gasteiger partial charge on any atom is -0.342 e. The summed E-state index contributed by atoms with van der Waals surface area (Å²) in [4.78, 5) is 30.2. The average molecular weight is 296 g/mol. The molecule has 2 amide bonds. The van der Waals surface area contributed by atoms with Gasteiger partial charge in [-0.05, 0) is 19.9 Å². The second-order valence-electron chi connectivity index (χ2n) is 5.98. The van der Waals surface area contributed by atoms with E-state index >= 15 is 0 Å². The Bertz CT molecular complexity index is 346. The lowest BCUT2D eigenvalue weighted by Gasteiger charge is -2.35. The van der Waals surface area contributed by atoms with Crippen LogP contribution in [0.1, 0.15) is 25.7 Å². The highest BCUT2D eigenvalue weighted by atomic mass is 16.2. The minimum atomic E-state index is 0.149. The molecule has 0 radical (unpaired) electrons. The quantitative estimate of drug-likeness (QED) is 0.777. The largest absolute Gasteiger partial charge is 0.342 e. The van der Waals surface area contributed by atoms with Crippen molar-refractivity contribution in [3.63, 3.8) is 0 Å². The Morgan fingerprint density at radius 1 is 0.810 bits per heavy atom. The summed E-state index contributed by atoms with van der Waals surface area (Å²) in [5.41, 5.74) is 0. The maximum atomic E-state index is 12.3.